The van der Waals surface area contributed by atoms with Crippen LogP contribution in [0.15, 0.2) is 133 Å². The molecule has 0 fully saturated rings. The molecule has 0 unspecified atom stereocenters. The Morgan fingerprint density at radius 2 is 0.585 bits per heavy atom. The number of fused-ring (bicyclic) bond motifs is 4. The van der Waals surface area contributed by atoms with Crippen molar-refractivity contribution < 1.29 is 19.2 Å². The van der Waals surface area contributed by atoms with Crippen LogP contribution < -0.4 is 9.06 Å². The van der Waals surface area contributed by atoms with Gasteiger partial charge in [0.2, 0.25) is 0 Å². The predicted molar refractivity (Wildman–Crippen MR) is 345 cm³/mol. The van der Waals surface area contributed by atoms with Crippen LogP contribution in [0, 0.1) is 27.2 Å². The summed E-state index contributed by atoms with van der Waals surface area (Å²) in [5.41, 5.74) is 15.8. The summed E-state index contributed by atoms with van der Waals surface area (Å²) in [5.74, 6) is 1.09. The maximum absolute atomic E-state index is 14.3. The largest absolute Gasteiger partial charge is 0.288 e. The van der Waals surface area contributed by atoms with Gasteiger partial charge in [-0.2, -0.15) is 0 Å². The molecule has 4 aromatic heterocycles. The summed E-state index contributed by atoms with van der Waals surface area (Å²) in [7, 11) is 0. The second-order valence-corrected chi connectivity index (χ2v) is 28.7. The van der Waals surface area contributed by atoms with E-state index in [0.29, 0.717) is 66.8 Å². The third-order valence-electron chi connectivity index (χ3n) is 16.9. The van der Waals surface area contributed by atoms with Gasteiger partial charge in [-0.25, -0.2) is 0 Å². The molecule has 6 aromatic carbocycles. The first-order valence-corrected chi connectivity index (χ1v) is 32.3. The van der Waals surface area contributed by atoms with Crippen molar-refractivity contribution in [2.45, 2.75) is 131 Å². The van der Waals surface area contributed by atoms with Crippen LogP contribution in [-0.2, 0) is 12.8 Å². The van der Waals surface area contributed by atoms with Gasteiger partial charge in [-0.05, 0) is 186 Å². The molecule has 0 saturated carbocycles. The molecular weight excluding hydrogens is 1080 g/mol. The molecule has 0 bridgehead atoms. The Hall–Kier alpha value is -6.94. The number of Topliss-reactive ketones (excluding diaryl/α,β-unsaturated/α-hetero) is 4. The van der Waals surface area contributed by atoms with Gasteiger partial charge in [-0.1, -0.05) is 156 Å². The van der Waals surface area contributed by atoms with Crippen LogP contribution in [0.1, 0.15) is 216 Å². The third-order valence-corrected chi connectivity index (χ3v) is 22.0. The fraction of sp³-hybridized carbons (Fsp3) is 0.270. The van der Waals surface area contributed by atoms with Gasteiger partial charge in [-0.15, -0.1) is 45.3 Å². The molecule has 0 saturated heterocycles. The van der Waals surface area contributed by atoms with Crippen molar-refractivity contribution in [2.24, 2.45) is 0 Å². The summed E-state index contributed by atoms with van der Waals surface area (Å²) in [5, 5.41) is 3.76. The summed E-state index contributed by atoms with van der Waals surface area (Å²) in [6.07, 6.45) is 1.46. The Morgan fingerprint density at radius 1 is 0.305 bits per heavy atom. The van der Waals surface area contributed by atoms with Crippen molar-refractivity contribution in [2.75, 3.05) is 0 Å². The Morgan fingerprint density at radius 3 is 0.854 bits per heavy atom. The van der Waals surface area contributed by atoms with E-state index in [9.17, 15) is 19.2 Å². The zero-order valence-corrected chi connectivity index (χ0v) is 52.1. The van der Waals surface area contributed by atoms with Crippen LogP contribution in [0.4, 0.5) is 0 Å². The van der Waals surface area contributed by atoms with E-state index < -0.39 is 0 Å². The monoisotopic (exact) mass is 1150 g/mol. The van der Waals surface area contributed by atoms with Crippen LogP contribution in [0.25, 0.3) is 32.7 Å². The van der Waals surface area contributed by atoms with Crippen molar-refractivity contribution in [3.8, 4) is 0 Å². The minimum atomic E-state index is -0.215. The highest BCUT2D eigenvalue weighted by Crippen LogP contribution is 2.39. The van der Waals surface area contributed by atoms with Crippen LogP contribution in [0.2, 0.25) is 0 Å². The molecule has 0 aliphatic heterocycles. The van der Waals surface area contributed by atoms with E-state index in [1.807, 2.05) is 84.9 Å². The number of benzene rings is 6. The molecule has 2 aliphatic rings. The molecule has 8 heteroatoms. The summed E-state index contributed by atoms with van der Waals surface area (Å²) in [4.78, 5) is 57.2. The zero-order valence-electron chi connectivity index (χ0n) is 48.8. The van der Waals surface area contributed by atoms with E-state index >= 15 is 0 Å². The second kappa shape index (κ2) is 21.7. The number of carbonyl (C=O) groups excluding carboxylic acids is 4. The second-order valence-electron chi connectivity index (χ2n) is 24.5. The molecule has 4 nitrogen and oxygen atoms in total. The van der Waals surface area contributed by atoms with Gasteiger partial charge in [-0.3, -0.25) is 19.2 Å². The quantitative estimate of drug-likeness (QED) is 0.137. The van der Waals surface area contributed by atoms with Gasteiger partial charge in [0.1, 0.15) is 0 Å². The maximum atomic E-state index is 14.3. The highest BCUT2D eigenvalue weighted by atomic mass is 32.1. The molecular formula is C74H68O4S4. The van der Waals surface area contributed by atoms with E-state index in [1.54, 1.807) is 22.7 Å². The Balaban J connectivity index is 1.16. The van der Waals surface area contributed by atoms with Crippen molar-refractivity contribution in [1.82, 2.24) is 0 Å². The van der Waals surface area contributed by atoms with E-state index in [1.165, 1.54) is 87.4 Å². The number of ketones is 4. The standard InChI is InChI=1S/C74H68O4S4/c1-37(2)47-29-51(39(5)6)55(52(30-47)40(7)8)33-49-35-65(61-21-23-63(79-61)67-69(75)57-25-43-17-13-14-18-44(43)26-58(57)70(67)76)81-73(49)74-50(34-56-53(41(9)10)31-48(38(3)4)32-54(56)42(11)12)36-66(82-74)62-22-24-64(80-62)68-71(77)59-27-45-19-15-16-20-46(45)28-60(59)72(68)78/h13-32,35-42H,33-34H2,1-12H3/b65-61+,66-62+,74-73+. The van der Waals surface area contributed by atoms with Gasteiger partial charge >= 0.3 is 0 Å². The lowest BCUT2D eigenvalue weighted by molar-refractivity contribution is 0.101. The van der Waals surface area contributed by atoms with Gasteiger partial charge in [0.15, 0.2) is 23.1 Å². The number of rotatable bonds is 10. The number of thiophene rings is 4. The van der Waals surface area contributed by atoms with Gasteiger partial charge < -0.3 is 0 Å². The van der Waals surface area contributed by atoms with Crippen LogP contribution in [0.5, 0.6) is 0 Å². The molecule has 4 heterocycles. The first-order chi connectivity index (χ1) is 39.2. The maximum Gasteiger partial charge on any atom is 0.199 e. The van der Waals surface area contributed by atoms with Gasteiger partial charge in [0, 0.05) is 58.5 Å². The number of carbonyl (C=O) groups is 4. The predicted octanol–water partition coefficient (Wildman–Crippen LogP) is 18.5. The average Bonchev–Trinajstić information content (AvgIpc) is 4.50. The van der Waals surface area contributed by atoms with Crippen LogP contribution >= 0.6 is 45.3 Å². The van der Waals surface area contributed by atoms with Crippen LogP contribution in [0.3, 0.4) is 0 Å². The summed E-state index contributed by atoms with van der Waals surface area (Å²) < 4.78 is 7.98. The first kappa shape index (κ1) is 55.6. The highest BCUT2D eigenvalue weighted by Gasteiger charge is 2.36. The fourth-order valence-electron chi connectivity index (χ4n) is 12.4. The van der Waals surface area contributed by atoms with Crippen molar-refractivity contribution in [3.05, 3.63) is 248 Å². The minimum absolute atomic E-state index is 0.215. The summed E-state index contributed by atoms with van der Waals surface area (Å²) >= 11 is 6.65. The third kappa shape index (κ3) is 9.77. The Bertz CT molecular complexity index is 4320. The molecule has 12 rings (SSSR count). The number of hydrogen-bond acceptors (Lipinski definition) is 8. The smallest absolute Gasteiger partial charge is 0.199 e. The lowest BCUT2D eigenvalue weighted by Gasteiger charge is -2.23. The minimum Gasteiger partial charge on any atom is -0.288 e. The summed E-state index contributed by atoms with van der Waals surface area (Å²) in [6, 6.07) is 46.0. The van der Waals surface area contributed by atoms with E-state index in [0.717, 1.165) is 52.5 Å². The van der Waals surface area contributed by atoms with E-state index in [-0.39, 0.29) is 34.3 Å². The van der Waals surface area contributed by atoms with E-state index in [4.69, 9.17) is 0 Å². The van der Waals surface area contributed by atoms with Crippen molar-refractivity contribution >= 4 is 101 Å². The van der Waals surface area contributed by atoms with E-state index in [2.05, 4.69) is 132 Å². The molecule has 10 aromatic rings. The molecule has 0 N–H and O–H groups in total. The topological polar surface area (TPSA) is 68.3 Å². The Labute approximate surface area is 495 Å². The van der Waals surface area contributed by atoms with Gasteiger partial charge in [0.25, 0.3) is 0 Å². The normalized spacial score (nSPS) is 15.0. The summed E-state index contributed by atoms with van der Waals surface area (Å²) in [6.45, 7) is 27.7. The molecule has 82 heavy (non-hydrogen) atoms. The first-order valence-electron chi connectivity index (χ1n) is 29.0. The zero-order chi connectivity index (χ0) is 57.7. The molecule has 0 amide bonds. The average molecular weight is 1150 g/mol. The fourth-order valence-corrected chi connectivity index (χ4v) is 17.2. The molecule has 0 radical (unpaired) electrons. The molecule has 2 aliphatic carbocycles. The van der Waals surface area contributed by atoms with Crippen LogP contribution in [-0.4, -0.2) is 23.1 Å². The van der Waals surface area contributed by atoms with Crippen molar-refractivity contribution in [3.63, 3.8) is 0 Å². The van der Waals surface area contributed by atoms with Gasteiger partial charge in [0.05, 0.1) is 11.1 Å². The Kier molecular flexibility index (Phi) is 14.7. The molecule has 0 atom stereocenters. The highest BCUT2D eigenvalue weighted by molar-refractivity contribution is 7.14. The van der Waals surface area contributed by atoms with Crippen molar-refractivity contribution in [1.29, 1.82) is 0 Å². The lowest BCUT2D eigenvalue weighted by Crippen LogP contribution is -2.10. The molecule has 0 spiro atoms. The number of hydrogen-bond donors (Lipinski definition) is 0. The lowest BCUT2D eigenvalue weighted by atomic mass is 9.82. The molecule has 412 valence electrons. The SMILES string of the molecule is CC(C)c1cc(C(C)C)c(Cc2c/c(=c3/ccc(=C4C(=O)c5cc6ccccc6cc5C4=O)s3)s/c2=c2/s/c(=c3\ccc(=C4C(=O)c5cc6ccccc6cc5C4=O)s3)cc2Cc2c(C(C)C)cc(C(C)C)cc2C(C)C)c(C(C)C)c1.